The summed E-state index contributed by atoms with van der Waals surface area (Å²) >= 11 is 0. The van der Waals surface area contributed by atoms with E-state index in [0.717, 1.165) is 56.3 Å². The number of carbonyl (C=O) groups excluding carboxylic acids is 1. The van der Waals surface area contributed by atoms with E-state index in [1.165, 1.54) is 16.9 Å². The number of benzene rings is 1. The zero-order valence-electron chi connectivity index (χ0n) is 12.5. The van der Waals surface area contributed by atoms with Crippen LogP contribution >= 0.6 is 0 Å². The van der Waals surface area contributed by atoms with E-state index in [9.17, 15) is 9.90 Å². The van der Waals surface area contributed by atoms with Crippen molar-refractivity contribution in [2.75, 3.05) is 31.1 Å². The van der Waals surface area contributed by atoms with Gasteiger partial charge >= 0.3 is 0 Å². The number of nitrogens with zero attached hydrogens (tertiary/aromatic N) is 2. The minimum absolute atomic E-state index is 0.233. The molecule has 2 N–H and O–H groups in total. The van der Waals surface area contributed by atoms with Crippen LogP contribution < -0.4 is 15.3 Å². The number of aryl methyl sites for hydroxylation is 1. The van der Waals surface area contributed by atoms with Crippen molar-refractivity contribution in [1.29, 1.82) is 0 Å². The quantitative estimate of drug-likeness (QED) is 0.809. The van der Waals surface area contributed by atoms with Gasteiger partial charge in [-0.05, 0) is 42.5 Å². The molecular formula is C17H19N3O2. The minimum atomic E-state index is -1.12. The normalized spacial score (nSPS) is 17.7. The van der Waals surface area contributed by atoms with Gasteiger partial charge < -0.3 is 20.1 Å². The van der Waals surface area contributed by atoms with E-state index in [0.29, 0.717) is 0 Å². The Kier molecular flexibility index (Phi) is 3.22. The molecule has 0 radical (unpaired) electrons. The van der Waals surface area contributed by atoms with Gasteiger partial charge in [-0.1, -0.05) is 6.07 Å². The number of rotatable bonds is 2. The second kappa shape index (κ2) is 5.25. The number of pyridine rings is 1. The maximum Gasteiger partial charge on any atom is 0.0934 e. The second-order valence-electron chi connectivity index (χ2n) is 6.11. The number of aromatic carboxylic acids is 1. The molecule has 0 unspecified atom stereocenters. The molecule has 5 nitrogen and oxygen atoms in total. The predicted octanol–water partition coefficient (Wildman–Crippen LogP) is -0.530. The van der Waals surface area contributed by atoms with Crippen LogP contribution in [-0.4, -0.2) is 37.1 Å². The van der Waals surface area contributed by atoms with Crippen LogP contribution in [0.3, 0.4) is 0 Å². The van der Waals surface area contributed by atoms with Crippen LogP contribution in [-0.2, 0) is 12.8 Å². The standard InChI is InChI=1S/C17H19N3O2/c21-17(22)11-4-5-15-13(10-11)16(20-8-6-18-7-9-20)12-2-1-3-14(12)19-15/h4-5,10,18H,1-3,6-9H2,(H,21,22). The monoisotopic (exact) mass is 297 g/mol. The molecule has 0 saturated carbocycles. The Morgan fingerprint density at radius 1 is 1.23 bits per heavy atom. The van der Waals surface area contributed by atoms with Crippen LogP contribution in [0.5, 0.6) is 0 Å². The molecule has 1 aromatic heterocycles. The number of carboxylic acid groups (broad SMARTS) is 1. The molecule has 0 amide bonds. The number of aromatic nitrogens is 1. The van der Waals surface area contributed by atoms with Crippen molar-refractivity contribution in [3.05, 3.63) is 35.0 Å². The summed E-state index contributed by atoms with van der Waals surface area (Å²) in [6.07, 6.45) is 3.21. The van der Waals surface area contributed by atoms with Crippen molar-refractivity contribution in [3.63, 3.8) is 0 Å². The van der Waals surface area contributed by atoms with Gasteiger partial charge in [0.1, 0.15) is 0 Å². The van der Waals surface area contributed by atoms with Gasteiger partial charge in [0.15, 0.2) is 0 Å². The Balaban J connectivity index is 1.96. The third-order valence-electron chi connectivity index (χ3n) is 4.74. The van der Waals surface area contributed by atoms with Crippen molar-refractivity contribution in [2.24, 2.45) is 0 Å². The van der Waals surface area contributed by atoms with Crippen LogP contribution in [0.15, 0.2) is 18.2 Å². The van der Waals surface area contributed by atoms with E-state index in [2.05, 4.69) is 10.2 Å². The Morgan fingerprint density at radius 2 is 2.05 bits per heavy atom. The van der Waals surface area contributed by atoms with Crippen molar-refractivity contribution < 1.29 is 15.2 Å². The molecule has 0 atom stereocenters. The molecular weight excluding hydrogens is 278 g/mol. The smallest absolute Gasteiger partial charge is 0.0934 e. The number of anilines is 1. The van der Waals surface area contributed by atoms with Gasteiger partial charge in [0.05, 0.1) is 43.4 Å². The first-order chi connectivity index (χ1) is 10.7. The van der Waals surface area contributed by atoms with Crippen LogP contribution in [0.25, 0.3) is 10.9 Å². The zero-order chi connectivity index (χ0) is 15.1. The molecule has 1 fully saturated rings. The molecule has 1 aliphatic carbocycles. The molecule has 1 aromatic carbocycles. The van der Waals surface area contributed by atoms with E-state index in [-0.39, 0.29) is 5.56 Å². The lowest BCUT2D eigenvalue weighted by Gasteiger charge is -2.30. The Morgan fingerprint density at radius 3 is 2.82 bits per heavy atom. The number of piperazine rings is 1. The van der Waals surface area contributed by atoms with E-state index in [1.54, 1.807) is 12.1 Å². The summed E-state index contributed by atoms with van der Waals surface area (Å²) in [5, 5.41) is 14.5. The molecule has 5 heteroatoms. The largest absolute Gasteiger partial charge is 0.545 e. The number of carboxylic acids is 1. The van der Waals surface area contributed by atoms with Crippen molar-refractivity contribution in [1.82, 2.24) is 4.98 Å². The van der Waals surface area contributed by atoms with Gasteiger partial charge in [0, 0.05) is 11.1 Å². The molecule has 2 aromatic rings. The fraction of sp³-hybridized carbons (Fsp3) is 0.412. The Bertz CT molecular complexity index is 751. The van der Waals surface area contributed by atoms with E-state index < -0.39 is 5.97 Å². The molecule has 2 aliphatic rings. The van der Waals surface area contributed by atoms with Gasteiger partial charge in [-0.15, -0.1) is 0 Å². The van der Waals surface area contributed by atoms with E-state index in [1.807, 2.05) is 6.07 Å². The summed E-state index contributed by atoms with van der Waals surface area (Å²) in [6, 6.07) is 5.16. The van der Waals surface area contributed by atoms with Gasteiger partial charge in [-0.3, -0.25) is 4.98 Å². The summed E-state index contributed by atoms with van der Waals surface area (Å²) < 4.78 is 0. The Labute approximate surface area is 129 Å². The van der Waals surface area contributed by atoms with E-state index in [4.69, 9.17) is 4.98 Å². The lowest BCUT2D eigenvalue weighted by molar-refractivity contribution is -0.655. The molecule has 22 heavy (non-hydrogen) atoms. The maximum absolute atomic E-state index is 11.2. The summed E-state index contributed by atoms with van der Waals surface area (Å²) in [5.41, 5.74) is 4.86. The highest BCUT2D eigenvalue weighted by Crippen LogP contribution is 2.37. The first-order valence-corrected chi connectivity index (χ1v) is 7.97. The second-order valence-corrected chi connectivity index (χ2v) is 6.11. The number of hydrogen-bond acceptors (Lipinski definition) is 4. The van der Waals surface area contributed by atoms with Crippen molar-refractivity contribution >= 4 is 22.6 Å². The van der Waals surface area contributed by atoms with E-state index >= 15 is 0 Å². The third kappa shape index (κ3) is 2.13. The first kappa shape index (κ1) is 13.5. The van der Waals surface area contributed by atoms with Crippen LogP contribution in [0, 0.1) is 0 Å². The summed E-state index contributed by atoms with van der Waals surface area (Å²) in [6.45, 7) is 4.17. The number of carbonyl (C=O) groups is 1. The molecule has 114 valence electrons. The average Bonchev–Trinajstić information content (AvgIpc) is 3.00. The Hall–Kier alpha value is -2.14. The number of quaternary nitrogens is 1. The van der Waals surface area contributed by atoms with Gasteiger partial charge in [-0.25, -0.2) is 0 Å². The number of nitrogens with two attached hydrogens (primary N) is 1. The highest BCUT2D eigenvalue weighted by atomic mass is 16.4. The first-order valence-electron chi connectivity index (χ1n) is 7.97. The van der Waals surface area contributed by atoms with Crippen molar-refractivity contribution in [2.45, 2.75) is 19.3 Å². The lowest BCUT2D eigenvalue weighted by atomic mass is 10.0. The fourth-order valence-electron chi connectivity index (χ4n) is 3.70. The predicted molar refractivity (Wildman–Crippen MR) is 82.0 cm³/mol. The highest BCUT2D eigenvalue weighted by molar-refractivity contribution is 5.99. The lowest BCUT2D eigenvalue weighted by Crippen LogP contribution is -2.89. The fourth-order valence-corrected chi connectivity index (χ4v) is 3.70. The number of hydrogen-bond donors (Lipinski definition) is 1. The summed E-state index contributed by atoms with van der Waals surface area (Å²) in [5.74, 6) is -1.12. The van der Waals surface area contributed by atoms with Crippen molar-refractivity contribution in [3.8, 4) is 0 Å². The average molecular weight is 297 g/mol. The molecule has 1 aliphatic heterocycles. The van der Waals surface area contributed by atoms with Crippen LogP contribution in [0.2, 0.25) is 0 Å². The maximum atomic E-state index is 11.2. The highest BCUT2D eigenvalue weighted by Gasteiger charge is 2.25. The third-order valence-corrected chi connectivity index (χ3v) is 4.74. The van der Waals surface area contributed by atoms with Gasteiger partial charge in [0.2, 0.25) is 0 Å². The van der Waals surface area contributed by atoms with Crippen LogP contribution in [0.4, 0.5) is 5.69 Å². The summed E-state index contributed by atoms with van der Waals surface area (Å²) in [7, 11) is 0. The van der Waals surface area contributed by atoms with Gasteiger partial charge in [-0.2, -0.15) is 0 Å². The number of fused-ring (bicyclic) bond motifs is 2. The zero-order valence-corrected chi connectivity index (χ0v) is 12.5. The molecule has 4 rings (SSSR count). The topological polar surface area (TPSA) is 72.9 Å². The molecule has 2 heterocycles. The van der Waals surface area contributed by atoms with Crippen LogP contribution in [0.1, 0.15) is 28.0 Å². The molecule has 0 bridgehead atoms. The molecule has 1 saturated heterocycles. The van der Waals surface area contributed by atoms with Gasteiger partial charge in [0.25, 0.3) is 0 Å². The minimum Gasteiger partial charge on any atom is -0.545 e. The molecule has 0 spiro atoms. The SMILES string of the molecule is O=C([O-])c1ccc2nc3c(c(N4CC[NH2+]CC4)c2c1)CCC3. The summed E-state index contributed by atoms with van der Waals surface area (Å²) in [4.78, 5) is 18.4.